The maximum absolute atomic E-state index is 10.7. The number of rotatable bonds is 3. The summed E-state index contributed by atoms with van der Waals surface area (Å²) in [6, 6.07) is 9.45. The number of hydrogen-bond donors (Lipinski definition) is 1. The molecule has 1 rings (SSSR count). The predicted molar refractivity (Wildman–Crippen MR) is 60.9 cm³/mol. The molecule has 1 aromatic carbocycles. The molecule has 0 saturated heterocycles. The van der Waals surface area contributed by atoms with Gasteiger partial charge in [0.25, 0.3) is 0 Å². The maximum Gasteiger partial charge on any atom is 0.332 e. The molecule has 0 bridgehead atoms. The molecule has 3 heteroatoms. The van der Waals surface area contributed by atoms with Crippen LogP contribution in [0.25, 0.3) is 6.08 Å². The first-order valence-corrected chi connectivity index (χ1v) is 5.31. The lowest BCUT2D eigenvalue weighted by Crippen LogP contribution is -2.00. The lowest BCUT2D eigenvalue weighted by molar-refractivity contribution is -0.132. The van der Waals surface area contributed by atoms with Crippen molar-refractivity contribution in [3.63, 3.8) is 0 Å². The van der Waals surface area contributed by atoms with E-state index in [1.54, 1.807) is 6.08 Å². The molecular formula is C10H9IO2. The van der Waals surface area contributed by atoms with Crippen LogP contribution in [0.1, 0.15) is 5.56 Å². The number of halogens is 1. The molecule has 0 atom stereocenters. The Morgan fingerprint density at radius 3 is 2.46 bits per heavy atom. The number of carboxylic acids is 1. The van der Waals surface area contributed by atoms with Crippen molar-refractivity contribution in [3.8, 4) is 0 Å². The Labute approximate surface area is 90.4 Å². The maximum atomic E-state index is 10.7. The van der Waals surface area contributed by atoms with Gasteiger partial charge in [-0.2, -0.15) is 0 Å². The lowest BCUT2D eigenvalue weighted by Gasteiger charge is -1.96. The molecule has 13 heavy (non-hydrogen) atoms. The van der Waals surface area contributed by atoms with Crippen molar-refractivity contribution < 1.29 is 9.90 Å². The van der Waals surface area contributed by atoms with Gasteiger partial charge in [-0.25, -0.2) is 4.79 Å². The molecule has 0 saturated carbocycles. The van der Waals surface area contributed by atoms with Gasteiger partial charge in [0.05, 0.1) is 0 Å². The van der Waals surface area contributed by atoms with Crippen LogP contribution in [0, 0.1) is 0 Å². The van der Waals surface area contributed by atoms with Gasteiger partial charge in [0.2, 0.25) is 0 Å². The highest BCUT2D eigenvalue weighted by Crippen LogP contribution is 2.08. The zero-order valence-corrected chi connectivity index (χ0v) is 9.06. The van der Waals surface area contributed by atoms with Gasteiger partial charge in [-0.15, -0.1) is 0 Å². The highest BCUT2D eigenvalue weighted by Gasteiger charge is 2.03. The average Bonchev–Trinajstić information content (AvgIpc) is 2.15. The topological polar surface area (TPSA) is 37.3 Å². The summed E-state index contributed by atoms with van der Waals surface area (Å²) in [7, 11) is 0. The van der Waals surface area contributed by atoms with Crippen molar-refractivity contribution in [1.29, 1.82) is 0 Å². The molecular weight excluding hydrogens is 279 g/mol. The summed E-state index contributed by atoms with van der Waals surface area (Å²) in [5.41, 5.74) is 1.35. The van der Waals surface area contributed by atoms with E-state index in [9.17, 15) is 4.79 Å². The van der Waals surface area contributed by atoms with E-state index in [1.807, 2.05) is 52.9 Å². The number of benzene rings is 1. The Morgan fingerprint density at radius 1 is 1.38 bits per heavy atom. The summed E-state index contributed by atoms with van der Waals surface area (Å²) in [6.45, 7) is 0. The summed E-state index contributed by atoms with van der Waals surface area (Å²) in [6.07, 6.45) is 1.69. The van der Waals surface area contributed by atoms with Gasteiger partial charge >= 0.3 is 5.97 Å². The summed E-state index contributed by atoms with van der Waals surface area (Å²) in [5, 5.41) is 8.76. The van der Waals surface area contributed by atoms with Gasteiger partial charge in [-0.3, -0.25) is 0 Å². The molecule has 0 unspecified atom stereocenters. The monoisotopic (exact) mass is 288 g/mol. The van der Waals surface area contributed by atoms with Crippen LogP contribution in [0.2, 0.25) is 0 Å². The minimum absolute atomic E-state index is 0.423. The summed E-state index contributed by atoms with van der Waals surface area (Å²) >= 11 is 2.04. The fourth-order valence-electron chi connectivity index (χ4n) is 0.908. The molecule has 2 nitrogen and oxygen atoms in total. The Kier molecular flexibility index (Phi) is 3.95. The molecule has 1 N–H and O–H groups in total. The van der Waals surface area contributed by atoms with E-state index in [-0.39, 0.29) is 0 Å². The second kappa shape index (κ2) is 5.01. The van der Waals surface area contributed by atoms with Gasteiger partial charge < -0.3 is 5.11 Å². The lowest BCUT2D eigenvalue weighted by atomic mass is 10.1. The molecule has 68 valence electrons. The third-order valence-electron chi connectivity index (χ3n) is 1.56. The zero-order valence-electron chi connectivity index (χ0n) is 6.90. The number of carboxylic acid groups (broad SMARTS) is 1. The van der Waals surface area contributed by atoms with Crippen molar-refractivity contribution in [2.24, 2.45) is 0 Å². The van der Waals surface area contributed by atoms with Crippen molar-refractivity contribution in [2.45, 2.75) is 0 Å². The molecule has 0 aliphatic heterocycles. The van der Waals surface area contributed by atoms with E-state index >= 15 is 0 Å². The highest BCUT2D eigenvalue weighted by atomic mass is 127. The van der Waals surface area contributed by atoms with E-state index in [0.717, 1.165) is 5.56 Å². The van der Waals surface area contributed by atoms with Gasteiger partial charge in [-0.05, 0) is 11.6 Å². The van der Waals surface area contributed by atoms with E-state index in [2.05, 4.69) is 0 Å². The third kappa shape index (κ3) is 3.18. The van der Waals surface area contributed by atoms with E-state index in [1.165, 1.54) is 0 Å². The van der Waals surface area contributed by atoms with E-state index in [4.69, 9.17) is 5.11 Å². The summed E-state index contributed by atoms with van der Waals surface area (Å²) < 4.78 is 0.516. The second-order valence-electron chi connectivity index (χ2n) is 2.52. The summed E-state index contributed by atoms with van der Waals surface area (Å²) in [5.74, 6) is -0.849. The predicted octanol–water partition coefficient (Wildman–Crippen LogP) is 2.59. The van der Waals surface area contributed by atoms with Gasteiger partial charge in [0, 0.05) is 10.0 Å². The normalized spacial score (nSPS) is 11.3. The van der Waals surface area contributed by atoms with Crippen LogP contribution >= 0.6 is 22.6 Å². The van der Waals surface area contributed by atoms with Crippen LogP contribution in [0.4, 0.5) is 0 Å². The van der Waals surface area contributed by atoms with Gasteiger partial charge in [-0.1, -0.05) is 52.9 Å². The molecule has 0 heterocycles. The minimum atomic E-state index is -0.849. The Hall–Kier alpha value is -0.840. The fourth-order valence-corrected chi connectivity index (χ4v) is 1.45. The first kappa shape index (κ1) is 10.2. The molecule has 0 amide bonds. The van der Waals surface area contributed by atoms with E-state index in [0.29, 0.717) is 10.0 Å². The fraction of sp³-hybridized carbons (Fsp3) is 0.100. The van der Waals surface area contributed by atoms with Crippen molar-refractivity contribution in [3.05, 3.63) is 41.5 Å². The van der Waals surface area contributed by atoms with Gasteiger partial charge in [0.15, 0.2) is 0 Å². The van der Waals surface area contributed by atoms with Gasteiger partial charge in [0.1, 0.15) is 0 Å². The average molecular weight is 288 g/mol. The molecule has 0 spiro atoms. The van der Waals surface area contributed by atoms with Crippen LogP contribution in [-0.2, 0) is 4.79 Å². The first-order chi connectivity index (χ1) is 6.24. The smallest absolute Gasteiger partial charge is 0.332 e. The first-order valence-electron chi connectivity index (χ1n) is 3.79. The largest absolute Gasteiger partial charge is 0.478 e. The third-order valence-corrected chi connectivity index (χ3v) is 2.38. The van der Waals surface area contributed by atoms with Crippen molar-refractivity contribution >= 4 is 34.6 Å². The Morgan fingerprint density at radius 2 is 2.00 bits per heavy atom. The number of hydrogen-bond acceptors (Lipinski definition) is 1. The molecule has 0 aliphatic rings. The highest BCUT2D eigenvalue weighted by molar-refractivity contribution is 14.1. The zero-order chi connectivity index (χ0) is 9.68. The standard InChI is InChI=1S/C10H9IO2/c11-7-9(10(12)13)6-8-4-2-1-3-5-8/h1-6H,7H2,(H,12,13). The van der Waals surface area contributed by atoms with Crippen LogP contribution in [0.3, 0.4) is 0 Å². The quantitative estimate of drug-likeness (QED) is 0.527. The Balaban J connectivity index is 2.92. The molecule has 0 aromatic heterocycles. The second-order valence-corrected chi connectivity index (χ2v) is 3.28. The number of alkyl halides is 1. The molecule has 0 radical (unpaired) electrons. The molecule has 1 aromatic rings. The van der Waals surface area contributed by atoms with Crippen LogP contribution in [0.15, 0.2) is 35.9 Å². The van der Waals surface area contributed by atoms with Crippen molar-refractivity contribution in [2.75, 3.05) is 4.43 Å². The number of aliphatic carboxylic acids is 1. The Bertz CT molecular complexity index is 317. The SMILES string of the molecule is O=C(O)C(=Cc1ccccc1)CI. The van der Waals surface area contributed by atoms with Crippen molar-refractivity contribution in [1.82, 2.24) is 0 Å². The molecule has 0 fully saturated rings. The molecule has 0 aliphatic carbocycles. The number of carbonyl (C=O) groups is 1. The van der Waals surface area contributed by atoms with E-state index < -0.39 is 5.97 Å². The minimum Gasteiger partial charge on any atom is -0.478 e. The summed E-state index contributed by atoms with van der Waals surface area (Å²) in [4.78, 5) is 10.7. The van der Waals surface area contributed by atoms with Crippen LogP contribution < -0.4 is 0 Å². The van der Waals surface area contributed by atoms with Crippen LogP contribution in [0.5, 0.6) is 0 Å². The van der Waals surface area contributed by atoms with Crippen LogP contribution in [-0.4, -0.2) is 15.5 Å².